The molecule has 0 amide bonds. The number of carbonyl (C=O) groups is 1. The summed E-state index contributed by atoms with van der Waals surface area (Å²) in [6.45, 7) is 5.06. The van der Waals surface area contributed by atoms with Crippen LogP contribution in [0.15, 0.2) is 35.1 Å². The number of anilines is 1. The molecule has 1 aliphatic rings. The fourth-order valence-corrected chi connectivity index (χ4v) is 4.28. The zero-order valence-electron chi connectivity index (χ0n) is 21.1. The molecule has 0 radical (unpaired) electrons. The number of methoxy groups -OCH3 is 2. The van der Waals surface area contributed by atoms with Crippen LogP contribution in [0.1, 0.15) is 53.3 Å². The number of likely N-dealkylation sites (tertiary alicyclic amines) is 1. The number of para-hydroxylation sites is 1. The Hall–Kier alpha value is -3.73. The lowest BCUT2D eigenvalue weighted by Gasteiger charge is -2.31. The third kappa shape index (κ3) is 5.91. The van der Waals surface area contributed by atoms with Crippen LogP contribution in [0.3, 0.4) is 0 Å². The van der Waals surface area contributed by atoms with Crippen molar-refractivity contribution in [3.63, 3.8) is 0 Å². The van der Waals surface area contributed by atoms with Crippen LogP contribution >= 0.6 is 0 Å². The quantitative estimate of drug-likeness (QED) is 0.386. The summed E-state index contributed by atoms with van der Waals surface area (Å²) in [6.07, 6.45) is 4.79. The molecule has 4 rings (SSSR count). The first-order chi connectivity index (χ1) is 17.5. The number of ether oxygens (including phenoxy) is 3. The summed E-state index contributed by atoms with van der Waals surface area (Å²) < 4.78 is 21.5. The van der Waals surface area contributed by atoms with E-state index >= 15 is 0 Å². The van der Waals surface area contributed by atoms with Gasteiger partial charge in [0.15, 0.2) is 17.3 Å². The first-order valence-corrected chi connectivity index (χ1v) is 12.0. The predicted molar refractivity (Wildman–Crippen MR) is 131 cm³/mol. The topological polar surface area (TPSA) is 116 Å². The van der Waals surface area contributed by atoms with Gasteiger partial charge in [-0.25, -0.2) is 14.8 Å². The molecule has 1 saturated heterocycles. The van der Waals surface area contributed by atoms with Crippen molar-refractivity contribution in [2.75, 3.05) is 45.9 Å². The van der Waals surface area contributed by atoms with Crippen molar-refractivity contribution >= 4 is 11.9 Å². The van der Waals surface area contributed by atoms with Crippen LogP contribution in [0, 0.1) is 0 Å². The Morgan fingerprint density at radius 2 is 1.92 bits per heavy atom. The molecule has 0 aliphatic carbocycles. The zero-order valence-corrected chi connectivity index (χ0v) is 21.1. The van der Waals surface area contributed by atoms with Crippen molar-refractivity contribution in [2.45, 2.75) is 38.8 Å². The van der Waals surface area contributed by atoms with Crippen LogP contribution in [0.4, 0.5) is 5.95 Å². The van der Waals surface area contributed by atoms with E-state index in [4.69, 9.17) is 18.7 Å². The van der Waals surface area contributed by atoms with E-state index in [1.807, 2.05) is 19.2 Å². The molecule has 11 nitrogen and oxygen atoms in total. The van der Waals surface area contributed by atoms with Crippen LogP contribution in [0.5, 0.6) is 11.5 Å². The fraction of sp³-hybridized carbons (Fsp3) is 0.480. The maximum atomic E-state index is 11.8. The Morgan fingerprint density at radius 1 is 1.17 bits per heavy atom. The Labute approximate surface area is 210 Å². The minimum Gasteiger partial charge on any atom is -0.493 e. The van der Waals surface area contributed by atoms with Gasteiger partial charge in [-0.05, 0) is 38.9 Å². The number of rotatable bonds is 10. The maximum absolute atomic E-state index is 11.8. The molecule has 36 heavy (non-hydrogen) atoms. The van der Waals surface area contributed by atoms with Crippen molar-refractivity contribution in [3.8, 4) is 11.5 Å². The Bertz CT molecular complexity index is 1140. The summed E-state index contributed by atoms with van der Waals surface area (Å²) in [5.74, 6) is 3.01. The average molecular weight is 497 g/mol. The molecule has 3 heterocycles. The van der Waals surface area contributed by atoms with Gasteiger partial charge in [-0.15, -0.1) is 0 Å². The number of nitrogens with zero attached hydrogens (tertiary/aromatic N) is 6. The lowest BCUT2D eigenvalue weighted by molar-refractivity contribution is 0.0525. The maximum Gasteiger partial charge on any atom is 0.341 e. The third-order valence-corrected chi connectivity index (χ3v) is 6.18. The lowest BCUT2D eigenvalue weighted by atomic mass is 9.96. The summed E-state index contributed by atoms with van der Waals surface area (Å²) in [4.78, 5) is 29.1. The highest BCUT2D eigenvalue weighted by Crippen LogP contribution is 2.33. The highest BCUT2D eigenvalue weighted by atomic mass is 16.5. The molecular weight excluding hydrogens is 464 g/mol. The van der Waals surface area contributed by atoms with E-state index in [-0.39, 0.29) is 5.92 Å². The second kappa shape index (κ2) is 11.8. The lowest BCUT2D eigenvalue weighted by Crippen LogP contribution is -2.33. The van der Waals surface area contributed by atoms with Gasteiger partial charge in [0.05, 0.1) is 32.9 Å². The second-order valence-corrected chi connectivity index (χ2v) is 8.60. The van der Waals surface area contributed by atoms with Gasteiger partial charge < -0.3 is 23.6 Å². The SMILES string of the molecule is CCOC(=O)c1cnc(N(C)Cc2nc(C3CCN(Cc4cccc(OC)c4OC)CC3)no2)nc1. The molecule has 11 heteroatoms. The number of hydrogen-bond acceptors (Lipinski definition) is 11. The van der Waals surface area contributed by atoms with Gasteiger partial charge in [-0.1, -0.05) is 17.3 Å². The van der Waals surface area contributed by atoms with Gasteiger partial charge in [-0.2, -0.15) is 4.98 Å². The van der Waals surface area contributed by atoms with Gasteiger partial charge in [-0.3, -0.25) is 4.90 Å². The Balaban J connectivity index is 1.30. The number of carbonyl (C=O) groups excluding carboxylic acids is 1. The van der Waals surface area contributed by atoms with E-state index in [0.717, 1.165) is 55.4 Å². The van der Waals surface area contributed by atoms with E-state index in [1.54, 1.807) is 26.0 Å². The average Bonchev–Trinajstić information content (AvgIpc) is 3.37. The Kier molecular flexibility index (Phi) is 8.32. The van der Waals surface area contributed by atoms with Crippen LogP contribution < -0.4 is 14.4 Å². The molecule has 3 aromatic rings. The van der Waals surface area contributed by atoms with E-state index in [9.17, 15) is 4.79 Å². The normalized spacial score (nSPS) is 14.4. The molecule has 0 spiro atoms. The van der Waals surface area contributed by atoms with Crippen molar-refractivity contribution in [1.29, 1.82) is 0 Å². The number of piperidine rings is 1. The van der Waals surface area contributed by atoms with Gasteiger partial charge in [0.1, 0.15) is 0 Å². The molecule has 0 saturated carbocycles. The molecule has 1 aliphatic heterocycles. The highest BCUT2D eigenvalue weighted by Gasteiger charge is 2.26. The molecule has 2 aromatic heterocycles. The highest BCUT2D eigenvalue weighted by molar-refractivity contribution is 5.88. The van der Waals surface area contributed by atoms with Gasteiger partial charge in [0.25, 0.3) is 0 Å². The summed E-state index contributed by atoms with van der Waals surface area (Å²) in [5, 5.41) is 4.23. The van der Waals surface area contributed by atoms with E-state index in [1.165, 1.54) is 12.4 Å². The third-order valence-electron chi connectivity index (χ3n) is 6.18. The largest absolute Gasteiger partial charge is 0.493 e. The number of hydrogen-bond donors (Lipinski definition) is 0. The predicted octanol–water partition coefficient (Wildman–Crippen LogP) is 3.07. The van der Waals surface area contributed by atoms with Crippen LogP contribution in [0.2, 0.25) is 0 Å². The molecular formula is C25H32N6O5. The monoisotopic (exact) mass is 496 g/mol. The summed E-state index contributed by atoms with van der Waals surface area (Å²) in [5.41, 5.74) is 1.42. The van der Waals surface area contributed by atoms with E-state index in [0.29, 0.717) is 30.6 Å². The smallest absolute Gasteiger partial charge is 0.341 e. The van der Waals surface area contributed by atoms with Gasteiger partial charge >= 0.3 is 5.97 Å². The summed E-state index contributed by atoms with van der Waals surface area (Å²) in [6, 6.07) is 5.97. The van der Waals surface area contributed by atoms with E-state index < -0.39 is 5.97 Å². The standard InChI is InChI=1S/C25H32N6O5/c1-5-35-24(32)19-13-26-25(27-14-19)30(2)16-21-28-23(29-36-21)17-9-11-31(12-10-17)15-18-7-6-8-20(33-3)22(18)34-4/h6-8,13-14,17H,5,9-12,15-16H2,1-4H3. The van der Waals surface area contributed by atoms with Crippen LogP contribution in [0.25, 0.3) is 0 Å². The minimum absolute atomic E-state index is 0.247. The molecule has 0 atom stereocenters. The molecule has 1 aromatic carbocycles. The van der Waals surface area contributed by atoms with E-state index in [2.05, 4.69) is 31.1 Å². The number of benzene rings is 1. The number of aromatic nitrogens is 4. The van der Waals surface area contributed by atoms with Crippen LogP contribution in [-0.4, -0.2) is 71.9 Å². The van der Waals surface area contributed by atoms with Crippen molar-refractivity contribution in [2.24, 2.45) is 0 Å². The molecule has 0 unspecified atom stereocenters. The first-order valence-electron chi connectivity index (χ1n) is 12.0. The van der Waals surface area contributed by atoms with Crippen molar-refractivity contribution < 1.29 is 23.5 Å². The van der Waals surface area contributed by atoms with Gasteiger partial charge in [0.2, 0.25) is 11.8 Å². The summed E-state index contributed by atoms with van der Waals surface area (Å²) in [7, 11) is 5.15. The molecule has 192 valence electrons. The fourth-order valence-electron chi connectivity index (χ4n) is 4.28. The molecule has 0 N–H and O–H groups in total. The second-order valence-electron chi connectivity index (χ2n) is 8.60. The minimum atomic E-state index is -0.443. The number of esters is 1. The van der Waals surface area contributed by atoms with Crippen molar-refractivity contribution in [1.82, 2.24) is 25.0 Å². The summed E-state index contributed by atoms with van der Waals surface area (Å²) >= 11 is 0. The Morgan fingerprint density at radius 3 is 2.58 bits per heavy atom. The molecule has 0 bridgehead atoms. The van der Waals surface area contributed by atoms with Crippen LogP contribution in [-0.2, 0) is 17.8 Å². The first kappa shape index (κ1) is 25.4. The molecule has 1 fully saturated rings. The van der Waals surface area contributed by atoms with Gasteiger partial charge in [0, 0.05) is 37.5 Å². The van der Waals surface area contributed by atoms with Crippen molar-refractivity contribution in [3.05, 3.63) is 53.4 Å². The zero-order chi connectivity index (χ0) is 25.5.